The van der Waals surface area contributed by atoms with Gasteiger partial charge in [-0.25, -0.2) is 0 Å². The number of hydrogen-bond acceptors (Lipinski definition) is 2. The number of carbonyl (C=O) groups is 1. The molecule has 4 heteroatoms. The van der Waals surface area contributed by atoms with Gasteiger partial charge in [-0.1, -0.05) is 12.1 Å². The first-order valence-electron chi connectivity index (χ1n) is 5.35. The Kier molecular flexibility index (Phi) is 2.08. The Hall–Kier alpha value is -2.36. The van der Waals surface area contributed by atoms with Crippen molar-refractivity contribution >= 4 is 5.91 Å². The average Bonchev–Trinajstić information content (AvgIpc) is 2.71. The molecule has 2 aromatic rings. The summed E-state index contributed by atoms with van der Waals surface area (Å²) in [6.45, 7) is 0.525. The van der Waals surface area contributed by atoms with Crippen LogP contribution < -0.4 is 10.9 Å². The highest BCUT2D eigenvalue weighted by Gasteiger charge is 2.21. The molecule has 84 valence electrons. The molecule has 1 amide bonds. The van der Waals surface area contributed by atoms with Gasteiger partial charge >= 0.3 is 0 Å². The highest BCUT2D eigenvalue weighted by Crippen LogP contribution is 2.27. The van der Waals surface area contributed by atoms with Crippen LogP contribution in [0.25, 0.3) is 11.1 Å². The van der Waals surface area contributed by atoms with Crippen molar-refractivity contribution < 1.29 is 4.79 Å². The Balaban J connectivity index is 2.23. The molecule has 0 saturated carbocycles. The predicted molar refractivity (Wildman–Crippen MR) is 63.7 cm³/mol. The van der Waals surface area contributed by atoms with Crippen LogP contribution in [0.3, 0.4) is 0 Å². The van der Waals surface area contributed by atoms with Crippen LogP contribution in [0.5, 0.6) is 0 Å². The minimum atomic E-state index is -0.141. The number of fused-ring (bicyclic) bond motifs is 1. The number of nitrogens with one attached hydrogen (secondary N) is 2. The molecule has 2 N–H and O–H groups in total. The Morgan fingerprint density at radius 3 is 2.71 bits per heavy atom. The molecule has 0 saturated heterocycles. The average molecular weight is 226 g/mol. The zero-order valence-electron chi connectivity index (χ0n) is 8.99. The minimum absolute atomic E-state index is 0.0494. The van der Waals surface area contributed by atoms with Gasteiger partial charge in [0.05, 0.1) is 0 Å². The summed E-state index contributed by atoms with van der Waals surface area (Å²) in [5.41, 5.74) is 3.29. The Morgan fingerprint density at radius 2 is 1.88 bits per heavy atom. The summed E-state index contributed by atoms with van der Waals surface area (Å²) < 4.78 is 0. The Bertz CT molecular complexity index is 658. The largest absolute Gasteiger partial charge is 0.348 e. The van der Waals surface area contributed by atoms with E-state index in [1.165, 1.54) is 0 Å². The second kappa shape index (κ2) is 3.59. The Labute approximate surface area is 97.3 Å². The molecule has 1 aromatic carbocycles. The number of aromatic amines is 1. The minimum Gasteiger partial charge on any atom is -0.348 e. The summed E-state index contributed by atoms with van der Waals surface area (Å²) in [5.74, 6) is -0.0494. The molecule has 0 bridgehead atoms. The smallest absolute Gasteiger partial charge is 0.251 e. The first kappa shape index (κ1) is 9.84. The number of aromatic nitrogens is 1. The van der Waals surface area contributed by atoms with Crippen LogP contribution in [0.4, 0.5) is 0 Å². The predicted octanol–water partition coefficient (Wildman–Crippen LogP) is 1.29. The molecule has 4 nitrogen and oxygen atoms in total. The monoisotopic (exact) mass is 226 g/mol. The topological polar surface area (TPSA) is 62.0 Å². The van der Waals surface area contributed by atoms with Crippen molar-refractivity contribution in [3.63, 3.8) is 0 Å². The van der Waals surface area contributed by atoms with E-state index in [-0.39, 0.29) is 11.5 Å². The molecule has 0 atom stereocenters. The molecule has 0 spiro atoms. The van der Waals surface area contributed by atoms with Gasteiger partial charge in [0.1, 0.15) is 0 Å². The third kappa shape index (κ3) is 1.54. The van der Waals surface area contributed by atoms with E-state index in [2.05, 4.69) is 10.3 Å². The summed E-state index contributed by atoms with van der Waals surface area (Å²) >= 11 is 0. The quantitative estimate of drug-likeness (QED) is 0.769. The highest BCUT2D eigenvalue weighted by molar-refractivity contribution is 6.00. The van der Waals surface area contributed by atoms with E-state index in [0.717, 1.165) is 16.7 Å². The van der Waals surface area contributed by atoms with Crippen LogP contribution in [0.2, 0.25) is 0 Å². The van der Waals surface area contributed by atoms with E-state index in [1.54, 1.807) is 18.3 Å². The van der Waals surface area contributed by atoms with Gasteiger partial charge in [-0.15, -0.1) is 0 Å². The molecule has 1 aliphatic heterocycles. The maximum Gasteiger partial charge on any atom is 0.251 e. The maximum atomic E-state index is 11.5. The van der Waals surface area contributed by atoms with Gasteiger partial charge < -0.3 is 10.3 Å². The van der Waals surface area contributed by atoms with E-state index in [4.69, 9.17) is 0 Å². The van der Waals surface area contributed by atoms with Gasteiger partial charge in [0.15, 0.2) is 0 Å². The van der Waals surface area contributed by atoms with Gasteiger partial charge in [0, 0.05) is 24.4 Å². The van der Waals surface area contributed by atoms with Crippen molar-refractivity contribution in [2.75, 3.05) is 0 Å². The van der Waals surface area contributed by atoms with Crippen LogP contribution in [0.1, 0.15) is 15.9 Å². The second-order valence-electron chi connectivity index (χ2n) is 3.96. The number of pyridine rings is 1. The molecule has 0 radical (unpaired) electrons. The van der Waals surface area contributed by atoms with E-state index >= 15 is 0 Å². The summed E-state index contributed by atoms with van der Waals surface area (Å²) in [4.78, 5) is 25.4. The summed E-state index contributed by atoms with van der Waals surface area (Å²) in [7, 11) is 0. The van der Waals surface area contributed by atoms with Crippen LogP contribution in [0.15, 0.2) is 41.3 Å². The standard InChI is InChI=1S/C13H10N2O2/c16-12-6-8(4-5-14-12)9-2-1-3-10-11(9)7-15-13(10)17/h1-6H,7H2,(H,14,16)(H,15,17). The van der Waals surface area contributed by atoms with Crippen molar-refractivity contribution in [3.05, 3.63) is 58.0 Å². The van der Waals surface area contributed by atoms with E-state index in [1.807, 2.05) is 18.2 Å². The van der Waals surface area contributed by atoms with Crippen molar-refractivity contribution in [2.24, 2.45) is 0 Å². The third-order valence-corrected chi connectivity index (χ3v) is 2.93. The van der Waals surface area contributed by atoms with Crippen LogP contribution >= 0.6 is 0 Å². The fourth-order valence-corrected chi connectivity index (χ4v) is 2.14. The molecule has 1 aromatic heterocycles. The van der Waals surface area contributed by atoms with Crippen LogP contribution in [0, 0.1) is 0 Å². The van der Waals surface area contributed by atoms with Crippen LogP contribution in [-0.2, 0) is 6.54 Å². The zero-order valence-corrected chi connectivity index (χ0v) is 8.99. The van der Waals surface area contributed by atoms with Crippen molar-refractivity contribution in [1.29, 1.82) is 0 Å². The first-order chi connectivity index (χ1) is 8.25. The molecule has 1 aliphatic rings. The highest BCUT2D eigenvalue weighted by atomic mass is 16.2. The van der Waals surface area contributed by atoms with E-state index < -0.39 is 0 Å². The molecular formula is C13H10N2O2. The normalized spacial score (nSPS) is 13.3. The lowest BCUT2D eigenvalue weighted by Gasteiger charge is -2.06. The summed E-state index contributed by atoms with van der Waals surface area (Å²) in [6.07, 6.45) is 1.61. The lowest BCUT2D eigenvalue weighted by Crippen LogP contribution is -2.12. The fraction of sp³-hybridized carbons (Fsp3) is 0.0769. The fourth-order valence-electron chi connectivity index (χ4n) is 2.14. The number of hydrogen-bond donors (Lipinski definition) is 2. The van der Waals surface area contributed by atoms with Crippen molar-refractivity contribution in [2.45, 2.75) is 6.54 Å². The second-order valence-corrected chi connectivity index (χ2v) is 3.96. The SMILES string of the molecule is O=C1NCc2c1cccc2-c1cc[nH]c(=O)c1. The lowest BCUT2D eigenvalue weighted by molar-refractivity contribution is 0.0966. The lowest BCUT2D eigenvalue weighted by atomic mass is 9.98. The van der Waals surface area contributed by atoms with Crippen molar-refractivity contribution in [1.82, 2.24) is 10.3 Å². The molecule has 2 heterocycles. The molecular weight excluding hydrogens is 216 g/mol. The van der Waals surface area contributed by atoms with Crippen molar-refractivity contribution in [3.8, 4) is 11.1 Å². The zero-order chi connectivity index (χ0) is 11.8. The van der Waals surface area contributed by atoms with Gasteiger partial charge in [-0.3, -0.25) is 9.59 Å². The summed E-state index contributed by atoms with van der Waals surface area (Å²) in [5, 5.41) is 2.78. The van der Waals surface area contributed by atoms with Gasteiger partial charge in [-0.2, -0.15) is 0 Å². The number of H-pyrrole nitrogens is 1. The number of amides is 1. The molecule has 17 heavy (non-hydrogen) atoms. The van der Waals surface area contributed by atoms with Crippen LogP contribution in [-0.4, -0.2) is 10.9 Å². The number of carbonyl (C=O) groups excluding carboxylic acids is 1. The number of benzene rings is 1. The van der Waals surface area contributed by atoms with E-state index in [9.17, 15) is 9.59 Å². The molecule has 0 aliphatic carbocycles. The maximum absolute atomic E-state index is 11.5. The molecule has 0 unspecified atom stereocenters. The van der Waals surface area contributed by atoms with E-state index in [0.29, 0.717) is 12.1 Å². The first-order valence-corrected chi connectivity index (χ1v) is 5.35. The Morgan fingerprint density at radius 1 is 1.06 bits per heavy atom. The van der Waals surface area contributed by atoms with Gasteiger partial charge in [0.25, 0.3) is 5.91 Å². The molecule has 3 rings (SSSR count). The van der Waals surface area contributed by atoms with Gasteiger partial charge in [0.2, 0.25) is 5.56 Å². The molecule has 0 fully saturated rings. The third-order valence-electron chi connectivity index (χ3n) is 2.93. The summed E-state index contributed by atoms with van der Waals surface area (Å²) in [6, 6.07) is 8.93. The van der Waals surface area contributed by atoms with Gasteiger partial charge in [-0.05, 0) is 28.8 Å². The number of rotatable bonds is 1.